The summed E-state index contributed by atoms with van der Waals surface area (Å²) in [6.07, 6.45) is 2.92. The van der Waals surface area contributed by atoms with Gasteiger partial charge in [0.15, 0.2) is 0 Å². The SMILES string of the molecule is CCC(C)[NH-].CCC(C)[NH-].CCC(C)[NH-].F[C](F)(F)[Ge]([c-]1cccc1)([C](F)(F)F)[C](F)(F)F.[Hf+4]. The first-order valence-electron chi connectivity index (χ1n) is 10.2. The summed E-state index contributed by atoms with van der Waals surface area (Å²) in [7, 11) is 0. The monoisotopic (exact) mass is 741 g/mol. The van der Waals surface area contributed by atoms with Crippen LogP contribution in [0.3, 0.4) is 0 Å². The third-order valence-corrected chi connectivity index (χ3v) is 12.1. The number of alkyl halides is 9. The summed E-state index contributed by atoms with van der Waals surface area (Å²) in [5.74, 6) is 0. The van der Waals surface area contributed by atoms with Gasteiger partial charge in [-0.1, -0.05) is 60.8 Å². The molecule has 0 saturated carbocycles. The smallest absolute Gasteiger partial charge is 4.00 e. The van der Waals surface area contributed by atoms with Gasteiger partial charge in [0, 0.05) is 0 Å². The third kappa shape index (κ3) is 14.5. The predicted octanol–water partition coefficient (Wildman–Crippen LogP) is 8.87. The van der Waals surface area contributed by atoms with Gasteiger partial charge in [-0.2, -0.15) is 0 Å². The van der Waals surface area contributed by atoms with Gasteiger partial charge in [-0.05, 0) is 0 Å². The molecule has 34 heavy (non-hydrogen) atoms. The van der Waals surface area contributed by atoms with E-state index in [0.29, 0.717) is 0 Å². The molecule has 0 amide bonds. The Labute approximate surface area is 217 Å². The molecular formula is C20H34F9GeHfN3. The summed E-state index contributed by atoms with van der Waals surface area (Å²) in [6.45, 7) is 11.7. The Morgan fingerprint density at radius 2 is 0.794 bits per heavy atom. The minimum absolute atomic E-state index is 0. The fourth-order valence-corrected chi connectivity index (χ4v) is 7.13. The van der Waals surface area contributed by atoms with E-state index in [1.165, 1.54) is 0 Å². The minimum Gasteiger partial charge on any atom is 4.00 e. The molecule has 1 aromatic carbocycles. The Bertz CT molecular complexity index is 531. The molecule has 1 rings (SSSR count). The number of nitrogens with one attached hydrogen (secondary N) is 3. The van der Waals surface area contributed by atoms with Gasteiger partial charge in [-0.15, -0.1) is 18.1 Å². The van der Waals surface area contributed by atoms with E-state index in [9.17, 15) is 39.5 Å². The van der Waals surface area contributed by atoms with E-state index in [1.54, 1.807) is 0 Å². The minimum atomic E-state index is -8.38. The fourth-order valence-electron chi connectivity index (χ4n) is 1.60. The summed E-state index contributed by atoms with van der Waals surface area (Å²) in [4.78, 5) is 0. The van der Waals surface area contributed by atoms with Gasteiger partial charge in [0.2, 0.25) is 0 Å². The Morgan fingerprint density at radius 1 is 0.618 bits per heavy atom. The van der Waals surface area contributed by atoms with Gasteiger partial charge in [-0.3, -0.25) is 0 Å². The van der Waals surface area contributed by atoms with Crippen molar-refractivity contribution in [3.8, 4) is 0 Å². The summed E-state index contributed by atoms with van der Waals surface area (Å²) in [5.41, 5.74) is 20.5. The van der Waals surface area contributed by atoms with Crippen molar-refractivity contribution in [2.45, 2.75) is 94.0 Å². The van der Waals surface area contributed by atoms with E-state index in [4.69, 9.17) is 17.2 Å². The molecule has 200 valence electrons. The summed E-state index contributed by atoms with van der Waals surface area (Å²) in [6, 6.07) is 2.31. The van der Waals surface area contributed by atoms with Crippen molar-refractivity contribution < 1.29 is 65.4 Å². The largest absolute Gasteiger partial charge is 4.00 e. The summed E-state index contributed by atoms with van der Waals surface area (Å²) < 4.78 is 111. The van der Waals surface area contributed by atoms with Crippen molar-refractivity contribution in [2.24, 2.45) is 0 Å². The van der Waals surface area contributed by atoms with Crippen molar-refractivity contribution in [1.82, 2.24) is 0 Å². The third-order valence-electron chi connectivity index (χ3n) is 4.21. The second-order valence-electron chi connectivity index (χ2n) is 7.34. The van der Waals surface area contributed by atoms with Crippen molar-refractivity contribution in [1.29, 1.82) is 0 Å². The first kappa shape index (κ1) is 41.2. The van der Waals surface area contributed by atoms with Gasteiger partial charge in [0.25, 0.3) is 0 Å². The van der Waals surface area contributed by atoms with Crippen molar-refractivity contribution >= 4 is 17.7 Å². The molecule has 0 spiro atoms. The van der Waals surface area contributed by atoms with Crippen molar-refractivity contribution in [3.05, 3.63) is 41.5 Å². The number of rotatable bonds is 4. The molecule has 0 saturated heterocycles. The molecule has 0 heterocycles. The topological polar surface area (TPSA) is 71.4 Å². The van der Waals surface area contributed by atoms with E-state index >= 15 is 0 Å². The van der Waals surface area contributed by atoms with Crippen LogP contribution in [0, 0.1) is 0 Å². The van der Waals surface area contributed by atoms with E-state index in [2.05, 4.69) is 0 Å². The molecule has 3 atom stereocenters. The van der Waals surface area contributed by atoms with E-state index in [1.807, 2.05) is 41.5 Å². The van der Waals surface area contributed by atoms with E-state index in [0.717, 1.165) is 31.4 Å². The maximum Gasteiger partial charge on any atom is 4.00 e. The van der Waals surface area contributed by atoms with E-state index < -0.39 is 32.7 Å². The molecule has 0 bridgehead atoms. The van der Waals surface area contributed by atoms with Crippen LogP contribution in [0.1, 0.15) is 60.8 Å². The first-order valence-corrected chi connectivity index (χ1v) is 14.4. The van der Waals surface area contributed by atoms with Crippen LogP contribution < -0.4 is 4.40 Å². The van der Waals surface area contributed by atoms with Gasteiger partial charge in [0.05, 0.1) is 0 Å². The van der Waals surface area contributed by atoms with Crippen LogP contribution >= 0.6 is 0 Å². The maximum atomic E-state index is 12.6. The molecule has 3 nitrogen and oxygen atoms in total. The first-order chi connectivity index (χ1) is 14.7. The zero-order valence-electron chi connectivity index (χ0n) is 20.1. The standard InChI is InChI=1S/C8H4F9Ge.3C4H10N.Hf/c9-6(10,11)18(7(12,13)14,8(15,16)17)5-3-1-2-4-5;3*1-3-4(2)5;/h1-4H;3*4-5H,3H2,1-2H3;/q4*-1;+4. The van der Waals surface area contributed by atoms with Gasteiger partial charge in [0.1, 0.15) is 0 Å². The molecule has 3 N–H and O–H groups in total. The molecular weight excluding hydrogens is 704 g/mol. The van der Waals surface area contributed by atoms with Crippen molar-refractivity contribution in [2.75, 3.05) is 0 Å². The second-order valence-corrected chi connectivity index (χ2v) is 15.3. The van der Waals surface area contributed by atoms with Gasteiger partial charge >= 0.3 is 122 Å². The molecule has 0 fully saturated rings. The van der Waals surface area contributed by atoms with Crippen LogP contribution in [0.2, 0.25) is 0 Å². The molecule has 0 aromatic heterocycles. The van der Waals surface area contributed by atoms with Gasteiger partial charge in [-0.25, -0.2) is 0 Å². The maximum absolute atomic E-state index is 12.6. The van der Waals surface area contributed by atoms with Crippen LogP contribution in [0.5, 0.6) is 0 Å². The average Bonchev–Trinajstić information content (AvgIpc) is 3.13. The fraction of sp³-hybridized carbons (Fsp3) is 0.750. The van der Waals surface area contributed by atoms with Crippen LogP contribution in [-0.4, -0.2) is 46.4 Å². The molecule has 3 unspecified atom stereocenters. The Morgan fingerprint density at radius 3 is 0.912 bits per heavy atom. The Kier molecular flexibility index (Phi) is 22.1. The normalized spacial score (nSPS) is 14.5. The average molecular weight is 739 g/mol. The van der Waals surface area contributed by atoms with Crippen LogP contribution in [0.15, 0.2) is 24.3 Å². The van der Waals surface area contributed by atoms with Crippen LogP contribution in [0.25, 0.3) is 17.2 Å². The number of hydrogen-bond donors (Lipinski definition) is 0. The molecule has 1 aromatic rings. The van der Waals surface area contributed by atoms with Crippen LogP contribution in [0.4, 0.5) is 39.5 Å². The Hall–Kier alpha value is 0.0130. The molecule has 14 heteroatoms. The van der Waals surface area contributed by atoms with Crippen LogP contribution in [-0.2, 0) is 25.8 Å². The number of hydrogen-bond acceptors (Lipinski definition) is 0. The Balaban J connectivity index is -0.000000231. The molecule has 0 aliphatic carbocycles. The predicted molar refractivity (Wildman–Crippen MR) is 118 cm³/mol. The second kappa shape index (κ2) is 18.3. The number of halogens is 9. The quantitative estimate of drug-likeness (QED) is 0.168. The zero-order chi connectivity index (χ0) is 27.3. The summed E-state index contributed by atoms with van der Waals surface area (Å²) in [5, 5.41) is -19.1. The molecule has 0 aliphatic heterocycles. The molecule has 0 aliphatic rings. The van der Waals surface area contributed by atoms with Gasteiger partial charge < -0.3 is 17.2 Å². The summed E-state index contributed by atoms with van der Waals surface area (Å²) >= 11 is -8.38. The molecule has 0 radical (unpaired) electrons. The van der Waals surface area contributed by atoms with E-state index in [-0.39, 0.29) is 56.1 Å². The van der Waals surface area contributed by atoms with Crippen molar-refractivity contribution in [3.63, 3.8) is 0 Å². The zero-order valence-corrected chi connectivity index (χ0v) is 25.8.